The molecule has 0 atom stereocenters. The summed E-state index contributed by atoms with van der Waals surface area (Å²) in [5.41, 5.74) is 0.643. The standard InChI is InChI=1S/C15H16N2O5/c1-4-22-14(18)10-9-12(15(19)21-3)17(16-10)11-7-5-6-8-13(11)20-2/h5-9H,4H2,1-3H3. The molecule has 2 rings (SSSR count). The topological polar surface area (TPSA) is 79.7 Å². The van der Waals surface area contributed by atoms with Crippen molar-refractivity contribution in [2.24, 2.45) is 0 Å². The van der Waals surface area contributed by atoms with Gasteiger partial charge in [-0.3, -0.25) is 0 Å². The fraction of sp³-hybridized carbons (Fsp3) is 0.267. The molecule has 0 aliphatic rings. The summed E-state index contributed by atoms with van der Waals surface area (Å²) in [7, 11) is 2.76. The highest BCUT2D eigenvalue weighted by atomic mass is 16.5. The fourth-order valence-corrected chi connectivity index (χ4v) is 1.92. The summed E-state index contributed by atoms with van der Waals surface area (Å²) < 4.78 is 16.2. The van der Waals surface area contributed by atoms with Gasteiger partial charge in [0.2, 0.25) is 0 Å². The van der Waals surface area contributed by atoms with Gasteiger partial charge in [0.25, 0.3) is 0 Å². The van der Waals surface area contributed by atoms with Gasteiger partial charge in [-0.15, -0.1) is 0 Å². The maximum atomic E-state index is 11.9. The van der Waals surface area contributed by atoms with E-state index < -0.39 is 11.9 Å². The van der Waals surface area contributed by atoms with Gasteiger partial charge in [-0.25, -0.2) is 14.3 Å². The van der Waals surface area contributed by atoms with Crippen LogP contribution in [0.5, 0.6) is 5.75 Å². The molecule has 0 N–H and O–H groups in total. The summed E-state index contributed by atoms with van der Waals surface area (Å²) >= 11 is 0. The maximum Gasteiger partial charge on any atom is 0.358 e. The first-order valence-electron chi connectivity index (χ1n) is 6.61. The largest absolute Gasteiger partial charge is 0.494 e. The third-order valence-electron chi connectivity index (χ3n) is 2.90. The second-order valence-corrected chi connectivity index (χ2v) is 4.21. The van der Waals surface area contributed by atoms with E-state index in [9.17, 15) is 9.59 Å². The quantitative estimate of drug-likeness (QED) is 0.784. The van der Waals surface area contributed by atoms with E-state index in [0.717, 1.165) is 0 Å². The molecule has 1 aromatic heterocycles. The van der Waals surface area contributed by atoms with Gasteiger partial charge in [-0.2, -0.15) is 5.10 Å². The van der Waals surface area contributed by atoms with Crippen LogP contribution in [0.2, 0.25) is 0 Å². The molecule has 1 aromatic carbocycles. The molecule has 0 saturated carbocycles. The SMILES string of the molecule is CCOC(=O)c1cc(C(=O)OC)n(-c2ccccc2OC)n1. The van der Waals surface area contributed by atoms with E-state index in [1.54, 1.807) is 31.2 Å². The van der Waals surface area contributed by atoms with Gasteiger partial charge in [0.05, 0.1) is 20.8 Å². The Morgan fingerprint density at radius 1 is 1.18 bits per heavy atom. The molecule has 1 heterocycles. The number of esters is 2. The van der Waals surface area contributed by atoms with Gasteiger partial charge in [-0.1, -0.05) is 12.1 Å². The Labute approximate surface area is 127 Å². The van der Waals surface area contributed by atoms with Gasteiger partial charge in [0, 0.05) is 6.07 Å². The highest BCUT2D eigenvalue weighted by Gasteiger charge is 2.22. The van der Waals surface area contributed by atoms with Gasteiger partial charge in [-0.05, 0) is 19.1 Å². The molecule has 0 aliphatic carbocycles. The van der Waals surface area contributed by atoms with Crippen molar-refractivity contribution in [3.8, 4) is 11.4 Å². The van der Waals surface area contributed by atoms with Crippen LogP contribution in [0.15, 0.2) is 30.3 Å². The lowest BCUT2D eigenvalue weighted by Gasteiger charge is -2.10. The zero-order valence-corrected chi connectivity index (χ0v) is 12.5. The smallest absolute Gasteiger partial charge is 0.358 e. The van der Waals surface area contributed by atoms with E-state index in [2.05, 4.69) is 5.10 Å². The summed E-state index contributed by atoms with van der Waals surface area (Å²) in [6, 6.07) is 8.33. The minimum Gasteiger partial charge on any atom is -0.494 e. The number of methoxy groups -OCH3 is 2. The highest BCUT2D eigenvalue weighted by molar-refractivity contribution is 5.93. The lowest BCUT2D eigenvalue weighted by Crippen LogP contribution is -2.11. The minimum atomic E-state index is -0.617. The first kappa shape index (κ1) is 15.6. The first-order chi connectivity index (χ1) is 10.6. The molecular weight excluding hydrogens is 288 g/mol. The zero-order valence-electron chi connectivity index (χ0n) is 12.5. The fourth-order valence-electron chi connectivity index (χ4n) is 1.92. The molecule has 22 heavy (non-hydrogen) atoms. The van der Waals surface area contributed by atoms with Crippen LogP contribution in [0, 0.1) is 0 Å². The number of rotatable bonds is 5. The normalized spacial score (nSPS) is 10.1. The van der Waals surface area contributed by atoms with Gasteiger partial charge >= 0.3 is 11.9 Å². The Morgan fingerprint density at radius 2 is 1.91 bits per heavy atom. The van der Waals surface area contributed by atoms with Crippen LogP contribution in [0.4, 0.5) is 0 Å². The molecule has 7 heteroatoms. The number of para-hydroxylation sites is 2. The number of carbonyl (C=O) groups excluding carboxylic acids is 2. The summed E-state index contributed by atoms with van der Waals surface area (Å²) in [5.74, 6) is -0.721. The molecule has 0 spiro atoms. The van der Waals surface area contributed by atoms with Crippen LogP contribution in [0.25, 0.3) is 5.69 Å². The molecule has 0 amide bonds. The number of aromatic nitrogens is 2. The third kappa shape index (κ3) is 2.93. The average molecular weight is 304 g/mol. The second-order valence-electron chi connectivity index (χ2n) is 4.21. The molecule has 0 saturated heterocycles. The average Bonchev–Trinajstić information content (AvgIpc) is 2.99. The summed E-state index contributed by atoms with van der Waals surface area (Å²) in [4.78, 5) is 23.8. The lowest BCUT2D eigenvalue weighted by molar-refractivity contribution is 0.0518. The van der Waals surface area contributed by atoms with Crippen LogP contribution in [0.3, 0.4) is 0 Å². The Balaban J connectivity index is 2.58. The van der Waals surface area contributed by atoms with Crippen LogP contribution in [-0.4, -0.2) is 42.5 Å². The Morgan fingerprint density at radius 3 is 2.55 bits per heavy atom. The maximum absolute atomic E-state index is 11.9. The van der Waals surface area contributed by atoms with E-state index in [4.69, 9.17) is 14.2 Å². The van der Waals surface area contributed by atoms with Crippen LogP contribution < -0.4 is 4.74 Å². The van der Waals surface area contributed by atoms with Crippen molar-refractivity contribution in [3.63, 3.8) is 0 Å². The van der Waals surface area contributed by atoms with E-state index >= 15 is 0 Å². The molecule has 7 nitrogen and oxygen atoms in total. The van der Waals surface area contributed by atoms with Gasteiger partial charge < -0.3 is 14.2 Å². The van der Waals surface area contributed by atoms with E-state index in [1.165, 1.54) is 25.0 Å². The Kier molecular flexibility index (Phi) is 4.77. The van der Waals surface area contributed by atoms with Gasteiger partial charge in [0.15, 0.2) is 11.4 Å². The minimum absolute atomic E-state index is 0.0214. The number of benzene rings is 1. The van der Waals surface area contributed by atoms with Crippen molar-refractivity contribution in [3.05, 3.63) is 41.7 Å². The molecule has 0 radical (unpaired) electrons. The summed E-state index contributed by atoms with van der Waals surface area (Å²) in [6.45, 7) is 1.91. The van der Waals surface area contributed by atoms with Crippen LogP contribution in [0.1, 0.15) is 27.9 Å². The monoisotopic (exact) mass is 304 g/mol. The number of carbonyl (C=O) groups is 2. The van der Waals surface area contributed by atoms with Crippen molar-refractivity contribution in [2.75, 3.05) is 20.8 Å². The third-order valence-corrected chi connectivity index (χ3v) is 2.90. The van der Waals surface area contributed by atoms with Crippen molar-refractivity contribution >= 4 is 11.9 Å². The van der Waals surface area contributed by atoms with Crippen molar-refractivity contribution in [1.82, 2.24) is 9.78 Å². The number of hydrogen-bond donors (Lipinski definition) is 0. The van der Waals surface area contributed by atoms with Crippen molar-refractivity contribution < 1.29 is 23.8 Å². The molecule has 0 aliphatic heterocycles. The van der Waals surface area contributed by atoms with Crippen LogP contribution in [-0.2, 0) is 9.47 Å². The number of hydrogen-bond acceptors (Lipinski definition) is 6. The molecule has 0 bridgehead atoms. The predicted octanol–water partition coefficient (Wildman–Crippen LogP) is 1.84. The highest BCUT2D eigenvalue weighted by Crippen LogP contribution is 2.24. The molecule has 116 valence electrons. The van der Waals surface area contributed by atoms with Crippen molar-refractivity contribution in [1.29, 1.82) is 0 Å². The summed E-state index contributed by atoms with van der Waals surface area (Å²) in [5, 5.41) is 4.14. The molecule has 2 aromatic rings. The van der Waals surface area contributed by atoms with Crippen molar-refractivity contribution in [2.45, 2.75) is 6.92 Å². The number of ether oxygens (including phenoxy) is 3. The zero-order chi connectivity index (χ0) is 16.1. The Bertz CT molecular complexity index is 693. The van der Waals surface area contributed by atoms with E-state index in [0.29, 0.717) is 11.4 Å². The molecule has 0 fully saturated rings. The van der Waals surface area contributed by atoms with E-state index in [-0.39, 0.29) is 18.0 Å². The molecule has 0 unspecified atom stereocenters. The Hall–Kier alpha value is -2.83. The first-order valence-corrected chi connectivity index (χ1v) is 6.61. The van der Waals surface area contributed by atoms with Gasteiger partial charge in [0.1, 0.15) is 11.4 Å². The lowest BCUT2D eigenvalue weighted by atomic mass is 10.3. The van der Waals surface area contributed by atoms with E-state index in [1.807, 2.05) is 0 Å². The summed E-state index contributed by atoms with van der Waals surface area (Å²) in [6.07, 6.45) is 0. The molecular formula is C15H16N2O5. The van der Waals surface area contributed by atoms with Crippen LogP contribution >= 0.6 is 0 Å². The second kappa shape index (κ2) is 6.75. The number of nitrogens with zero attached hydrogens (tertiary/aromatic N) is 2. The predicted molar refractivity (Wildman–Crippen MR) is 77.4 cm³/mol.